The highest BCUT2D eigenvalue weighted by molar-refractivity contribution is 8.00. The third-order valence-electron chi connectivity index (χ3n) is 2.33. The number of rotatable bonds is 4. The lowest BCUT2D eigenvalue weighted by atomic mass is 10.3. The SMILES string of the molecule is O=C(CSc1ccccc1Cl)Nc1cccc(O)c1. The summed E-state index contributed by atoms with van der Waals surface area (Å²) >= 11 is 7.38. The Kier molecular flexibility index (Phi) is 4.71. The fourth-order valence-corrected chi connectivity index (χ4v) is 2.52. The Morgan fingerprint density at radius 1 is 1.21 bits per heavy atom. The summed E-state index contributed by atoms with van der Waals surface area (Å²) in [5.41, 5.74) is 0.574. The van der Waals surface area contributed by atoms with E-state index in [9.17, 15) is 9.90 Å². The number of aromatic hydroxyl groups is 1. The van der Waals surface area contributed by atoms with Gasteiger partial charge in [0.1, 0.15) is 5.75 Å². The minimum Gasteiger partial charge on any atom is -0.508 e. The van der Waals surface area contributed by atoms with E-state index in [2.05, 4.69) is 5.32 Å². The van der Waals surface area contributed by atoms with E-state index in [1.165, 1.54) is 17.8 Å². The number of thioether (sulfide) groups is 1. The molecule has 0 spiro atoms. The summed E-state index contributed by atoms with van der Waals surface area (Å²) in [6.07, 6.45) is 0. The Morgan fingerprint density at radius 3 is 2.74 bits per heavy atom. The fraction of sp³-hybridized carbons (Fsp3) is 0.0714. The lowest BCUT2D eigenvalue weighted by Gasteiger charge is -2.06. The number of benzene rings is 2. The summed E-state index contributed by atoms with van der Waals surface area (Å²) < 4.78 is 0. The number of phenols is 1. The number of hydrogen-bond donors (Lipinski definition) is 2. The van der Waals surface area contributed by atoms with Gasteiger partial charge in [-0.05, 0) is 24.3 Å². The molecular formula is C14H12ClNO2S. The lowest BCUT2D eigenvalue weighted by molar-refractivity contribution is -0.113. The summed E-state index contributed by atoms with van der Waals surface area (Å²) in [6, 6.07) is 13.8. The van der Waals surface area contributed by atoms with Crippen LogP contribution in [0.4, 0.5) is 5.69 Å². The minimum absolute atomic E-state index is 0.122. The molecule has 19 heavy (non-hydrogen) atoms. The van der Waals surface area contributed by atoms with E-state index in [0.29, 0.717) is 10.7 Å². The van der Waals surface area contributed by atoms with Gasteiger partial charge in [0.05, 0.1) is 10.8 Å². The first kappa shape index (κ1) is 13.8. The van der Waals surface area contributed by atoms with Gasteiger partial charge in [0, 0.05) is 16.6 Å². The third kappa shape index (κ3) is 4.19. The fourth-order valence-electron chi connectivity index (χ4n) is 1.49. The lowest BCUT2D eigenvalue weighted by Crippen LogP contribution is -2.13. The zero-order valence-corrected chi connectivity index (χ0v) is 11.5. The maximum Gasteiger partial charge on any atom is 0.234 e. The first-order valence-electron chi connectivity index (χ1n) is 5.61. The van der Waals surface area contributed by atoms with Crippen LogP contribution in [-0.4, -0.2) is 16.8 Å². The number of anilines is 1. The molecule has 2 N–H and O–H groups in total. The second-order valence-electron chi connectivity index (χ2n) is 3.82. The predicted molar refractivity (Wildman–Crippen MR) is 78.9 cm³/mol. The zero-order valence-electron chi connectivity index (χ0n) is 9.97. The average molecular weight is 294 g/mol. The van der Waals surface area contributed by atoms with Crippen LogP contribution in [-0.2, 0) is 4.79 Å². The monoisotopic (exact) mass is 293 g/mol. The second-order valence-corrected chi connectivity index (χ2v) is 5.24. The molecule has 2 aromatic carbocycles. The highest BCUT2D eigenvalue weighted by Crippen LogP contribution is 2.26. The minimum atomic E-state index is -0.143. The molecule has 0 radical (unpaired) electrons. The van der Waals surface area contributed by atoms with Gasteiger partial charge in [-0.15, -0.1) is 11.8 Å². The number of amides is 1. The van der Waals surface area contributed by atoms with Crippen molar-refractivity contribution in [1.82, 2.24) is 0 Å². The van der Waals surface area contributed by atoms with Crippen LogP contribution in [0.15, 0.2) is 53.4 Å². The molecule has 0 unspecified atom stereocenters. The normalized spacial score (nSPS) is 10.2. The maximum absolute atomic E-state index is 11.8. The Bertz CT molecular complexity index is 589. The Balaban J connectivity index is 1.90. The van der Waals surface area contributed by atoms with Gasteiger partial charge in [0.2, 0.25) is 5.91 Å². The number of phenolic OH excluding ortho intramolecular Hbond substituents is 1. The average Bonchev–Trinajstić information content (AvgIpc) is 2.38. The number of carbonyl (C=O) groups is 1. The van der Waals surface area contributed by atoms with E-state index < -0.39 is 0 Å². The molecule has 2 aromatic rings. The largest absolute Gasteiger partial charge is 0.508 e. The number of carbonyl (C=O) groups excluding carboxylic acids is 1. The molecule has 0 heterocycles. The number of hydrogen-bond acceptors (Lipinski definition) is 3. The molecule has 0 atom stereocenters. The highest BCUT2D eigenvalue weighted by Gasteiger charge is 2.06. The first-order valence-corrected chi connectivity index (χ1v) is 6.98. The van der Waals surface area contributed by atoms with E-state index >= 15 is 0 Å². The van der Waals surface area contributed by atoms with Gasteiger partial charge in [-0.3, -0.25) is 4.79 Å². The molecule has 0 aliphatic heterocycles. The summed E-state index contributed by atoms with van der Waals surface area (Å²) in [7, 11) is 0. The molecule has 0 bridgehead atoms. The first-order chi connectivity index (χ1) is 9.15. The van der Waals surface area contributed by atoms with Crippen LogP contribution >= 0.6 is 23.4 Å². The van der Waals surface area contributed by atoms with E-state index in [0.717, 1.165) is 4.90 Å². The van der Waals surface area contributed by atoms with Crippen LogP contribution in [0.1, 0.15) is 0 Å². The van der Waals surface area contributed by atoms with Crippen LogP contribution in [0.2, 0.25) is 5.02 Å². The van der Waals surface area contributed by atoms with Crippen molar-refractivity contribution in [2.24, 2.45) is 0 Å². The Morgan fingerprint density at radius 2 is 2.00 bits per heavy atom. The Labute approximate surface area is 120 Å². The molecule has 98 valence electrons. The molecular weight excluding hydrogens is 282 g/mol. The quantitative estimate of drug-likeness (QED) is 0.844. The molecule has 0 saturated heterocycles. The zero-order chi connectivity index (χ0) is 13.7. The van der Waals surface area contributed by atoms with Crippen molar-refractivity contribution in [3.63, 3.8) is 0 Å². The Hall–Kier alpha value is -1.65. The number of halogens is 1. The van der Waals surface area contributed by atoms with E-state index in [1.807, 2.05) is 18.2 Å². The van der Waals surface area contributed by atoms with Crippen molar-refractivity contribution in [3.8, 4) is 5.75 Å². The molecule has 0 aliphatic rings. The predicted octanol–water partition coefficient (Wildman–Crippen LogP) is 3.78. The summed E-state index contributed by atoms with van der Waals surface area (Å²) in [6.45, 7) is 0. The summed E-state index contributed by atoms with van der Waals surface area (Å²) in [5.74, 6) is 0.242. The van der Waals surface area contributed by atoms with Crippen LogP contribution in [0, 0.1) is 0 Å². The van der Waals surface area contributed by atoms with Crippen LogP contribution in [0.25, 0.3) is 0 Å². The molecule has 2 rings (SSSR count). The van der Waals surface area contributed by atoms with Gasteiger partial charge in [-0.25, -0.2) is 0 Å². The van der Waals surface area contributed by atoms with Gasteiger partial charge < -0.3 is 10.4 Å². The highest BCUT2D eigenvalue weighted by atomic mass is 35.5. The van der Waals surface area contributed by atoms with Gasteiger partial charge in [-0.2, -0.15) is 0 Å². The maximum atomic E-state index is 11.8. The standard InChI is InChI=1S/C14H12ClNO2S/c15-12-6-1-2-7-13(12)19-9-14(18)16-10-4-3-5-11(17)8-10/h1-8,17H,9H2,(H,16,18). The van der Waals surface area contributed by atoms with Crippen molar-refractivity contribution in [1.29, 1.82) is 0 Å². The van der Waals surface area contributed by atoms with E-state index in [4.69, 9.17) is 11.6 Å². The summed E-state index contributed by atoms with van der Waals surface area (Å²) in [4.78, 5) is 12.6. The van der Waals surface area contributed by atoms with Gasteiger partial charge in [0.15, 0.2) is 0 Å². The van der Waals surface area contributed by atoms with Crippen molar-refractivity contribution in [2.45, 2.75) is 4.90 Å². The molecule has 0 aliphatic carbocycles. The molecule has 3 nitrogen and oxygen atoms in total. The van der Waals surface area contributed by atoms with Crippen LogP contribution < -0.4 is 5.32 Å². The van der Waals surface area contributed by atoms with E-state index in [-0.39, 0.29) is 17.4 Å². The van der Waals surface area contributed by atoms with Crippen molar-refractivity contribution >= 4 is 35.0 Å². The van der Waals surface area contributed by atoms with Gasteiger partial charge in [-0.1, -0.05) is 29.8 Å². The van der Waals surface area contributed by atoms with E-state index in [1.54, 1.807) is 24.3 Å². The number of nitrogens with one attached hydrogen (secondary N) is 1. The molecule has 0 fully saturated rings. The topological polar surface area (TPSA) is 49.3 Å². The van der Waals surface area contributed by atoms with Gasteiger partial charge in [0.25, 0.3) is 0 Å². The second kappa shape index (κ2) is 6.50. The van der Waals surface area contributed by atoms with Crippen molar-refractivity contribution < 1.29 is 9.90 Å². The molecule has 1 amide bonds. The van der Waals surface area contributed by atoms with Crippen LogP contribution in [0.3, 0.4) is 0 Å². The third-order valence-corrected chi connectivity index (χ3v) is 3.84. The molecule has 0 aromatic heterocycles. The van der Waals surface area contributed by atoms with Crippen LogP contribution in [0.5, 0.6) is 5.75 Å². The van der Waals surface area contributed by atoms with Gasteiger partial charge >= 0.3 is 0 Å². The molecule has 0 saturated carbocycles. The van der Waals surface area contributed by atoms with Crippen molar-refractivity contribution in [2.75, 3.05) is 11.1 Å². The van der Waals surface area contributed by atoms with Crippen molar-refractivity contribution in [3.05, 3.63) is 53.6 Å². The smallest absolute Gasteiger partial charge is 0.234 e. The summed E-state index contributed by atoms with van der Waals surface area (Å²) in [5, 5.41) is 12.6. The molecule has 5 heteroatoms.